The van der Waals surface area contributed by atoms with Crippen molar-refractivity contribution in [3.05, 3.63) is 284 Å². The quantitative estimate of drug-likeness (QED) is 0.00818. The van der Waals surface area contributed by atoms with Crippen LogP contribution in [-0.2, 0) is 57.8 Å². The summed E-state index contributed by atoms with van der Waals surface area (Å²) in [5.41, 5.74) is 14.0. The second-order valence-corrected chi connectivity index (χ2v) is 28.2. The third kappa shape index (κ3) is 81.7. The molecule has 8 aromatic carbocycles. The van der Waals surface area contributed by atoms with E-state index in [4.69, 9.17) is 14.9 Å². The van der Waals surface area contributed by atoms with Crippen LogP contribution in [0.25, 0.3) is 0 Å². The molecule has 12 nitrogen and oxygen atoms in total. The lowest BCUT2D eigenvalue weighted by Crippen LogP contribution is -2.14. The maximum Gasteiger partial charge on any atom is 0.386 e. The zero-order valence-corrected chi connectivity index (χ0v) is 77.1. The SMILES string of the molecule is CC.CC.CC.CC(F)(F)F.CCCNCc1ccc(C(C)(C)C)cc1.CCCNCc1ccc(C(C)C)cc1.CCCNCc1ccc(OCC)cc1.CCCNCc1ccc(SC)cc1.CCCNCc1ccccc1.CCCNCc1ccccc1.CCCNCc1ccccc1.CCCNCc1ccccc1.C[N+](=O)[O-]. The van der Waals surface area contributed by atoms with Crippen LogP contribution in [0.1, 0.15) is 258 Å². The predicted octanol–water partition coefficient (Wildman–Crippen LogP) is 25.6. The first kappa shape index (κ1) is 116. The van der Waals surface area contributed by atoms with Crippen molar-refractivity contribution < 1.29 is 22.8 Å². The Kier molecular flexibility index (Phi) is 87.1. The Morgan fingerprint density at radius 2 is 0.539 bits per heavy atom. The number of alkyl halides is 3. The van der Waals surface area contributed by atoms with Gasteiger partial charge >= 0.3 is 6.18 Å². The predicted molar refractivity (Wildman–Crippen MR) is 502 cm³/mol. The van der Waals surface area contributed by atoms with Gasteiger partial charge in [-0.2, -0.15) is 13.2 Å². The highest BCUT2D eigenvalue weighted by Crippen LogP contribution is 2.22. The number of rotatable bonds is 36. The molecule has 16 heteroatoms. The molecule has 8 rings (SSSR count). The number of benzene rings is 8. The molecule has 650 valence electrons. The number of thioether (sulfide) groups is 1. The van der Waals surface area contributed by atoms with Crippen LogP contribution in [0.3, 0.4) is 0 Å². The monoisotopic (exact) mass is 1620 g/mol. The smallest absolute Gasteiger partial charge is 0.386 e. The van der Waals surface area contributed by atoms with Crippen molar-refractivity contribution >= 4 is 11.8 Å². The summed E-state index contributed by atoms with van der Waals surface area (Å²) in [7, 11) is 0.889. The van der Waals surface area contributed by atoms with Crippen molar-refractivity contribution in [2.75, 3.05) is 72.3 Å². The lowest BCUT2D eigenvalue weighted by atomic mass is 9.87. The maximum absolute atomic E-state index is 10.4. The number of halogens is 3. The number of hydrogen-bond acceptors (Lipinski definition) is 12. The van der Waals surface area contributed by atoms with E-state index in [1.807, 2.05) is 84.9 Å². The van der Waals surface area contributed by atoms with E-state index >= 15 is 0 Å². The molecule has 0 aliphatic carbocycles. The minimum absolute atomic E-state index is 0.188. The molecule has 0 saturated heterocycles. The van der Waals surface area contributed by atoms with Crippen molar-refractivity contribution in [1.82, 2.24) is 42.5 Å². The molecule has 0 amide bonds. The molecule has 0 unspecified atom stereocenters. The van der Waals surface area contributed by atoms with Crippen LogP contribution in [0.4, 0.5) is 13.2 Å². The van der Waals surface area contributed by atoms with Gasteiger partial charge in [0.2, 0.25) is 0 Å². The highest BCUT2D eigenvalue weighted by atomic mass is 32.2. The second kappa shape index (κ2) is 86.1. The normalized spacial score (nSPS) is 9.94. The first-order valence-electron chi connectivity index (χ1n) is 43.0. The zero-order valence-electron chi connectivity index (χ0n) is 76.3. The molecule has 0 aliphatic heterocycles. The van der Waals surface area contributed by atoms with Crippen molar-refractivity contribution in [2.24, 2.45) is 0 Å². The average molecular weight is 1620 g/mol. The van der Waals surface area contributed by atoms with Gasteiger partial charge in [0, 0.05) is 69.1 Å². The Balaban J connectivity index is -0.000000391. The summed E-state index contributed by atoms with van der Waals surface area (Å²) >= 11 is 1.79. The van der Waals surface area contributed by atoms with E-state index in [0.717, 1.165) is 124 Å². The molecule has 0 aliphatic rings. The minimum Gasteiger partial charge on any atom is -0.494 e. The summed E-state index contributed by atoms with van der Waals surface area (Å²) in [5.74, 6) is 1.58. The largest absolute Gasteiger partial charge is 0.494 e. The van der Waals surface area contributed by atoms with E-state index in [2.05, 4.69) is 321 Å². The van der Waals surface area contributed by atoms with E-state index in [1.165, 1.54) is 112 Å². The number of nitrogens with zero attached hydrogens (tertiary/aromatic N) is 1. The van der Waals surface area contributed by atoms with Crippen LogP contribution >= 0.6 is 11.8 Å². The first-order valence-corrected chi connectivity index (χ1v) is 44.2. The van der Waals surface area contributed by atoms with Crippen molar-refractivity contribution in [3.8, 4) is 5.75 Å². The molecule has 0 atom stereocenters. The zero-order chi connectivity index (χ0) is 87.3. The van der Waals surface area contributed by atoms with Crippen LogP contribution < -0.4 is 47.3 Å². The van der Waals surface area contributed by atoms with E-state index in [1.54, 1.807) is 11.8 Å². The van der Waals surface area contributed by atoms with E-state index in [-0.39, 0.29) is 12.3 Å². The van der Waals surface area contributed by atoms with Crippen molar-refractivity contribution in [3.63, 3.8) is 0 Å². The van der Waals surface area contributed by atoms with Crippen LogP contribution in [-0.4, -0.2) is 83.4 Å². The average Bonchev–Trinajstić information content (AvgIpc) is 0.855. The summed E-state index contributed by atoms with van der Waals surface area (Å²) < 4.78 is 36.4. The Bertz CT molecular complexity index is 3010. The molecule has 0 saturated carbocycles. The summed E-state index contributed by atoms with van der Waals surface area (Å²) in [5, 5.41) is 35.8. The van der Waals surface area contributed by atoms with Crippen LogP contribution in [0.2, 0.25) is 0 Å². The number of nitrogens with one attached hydrogen (secondary N) is 8. The minimum atomic E-state index is -4.00. The van der Waals surface area contributed by atoms with Gasteiger partial charge in [-0.3, -0.25) is 10.1 Å². The van der Waals surface area contributed by atoms with Crippen LogP contribution in [0.15, 0.2) is 223 Å². The molecule has 0 aromatic heterocycles. The second-order valence-electron chi connectivity index (χ2n) is 27.3. The molecule has 0 radical (unpaired) electrons. The summed E-state index contributed by atoms with van der Waals surface area (Å²) in [6.45, 7) is 60.3. The fraction of sp³-hybridized carbons (Fsp3) is 0.515. The molecule has 8 N–H and O–H groups in total. The standard InChI is InChI=1S/C14H23N.C13H21N.C12H19NO.C11H17NS.4C10H15N.C2H3F3.3C2H6.CH3NO2/c1-5-10-15-11-12-6-8-13(9-7-12)14(2,3)4;1-4-9-14-10-12-5-7-13(8-6-12)11(2)3;1-3-9-13-10-11-5-7-12(8-6-11)14-4-2;1-3-8-12-9-10-4-6-11(13-2)7-5-10;4*1-2-8-11-9-10-6-4-3-5-7-10;1-2(3,4)5;3*1-2;1-2(3)4/h6-9,15H,5,10-11H2,1-4H3;5-8,11,14H,4,9-10H2,1-3H3;5-8,13H,3-4,9-10H2,1-2H3;4-7,12H,3,8-9H2,1-2H3;4*3-7,11H,2,8-9H2,1H3;1H3;3*1-2H3;1H3. The van der Waals surface area contributed by atoms with Gasteiger partial charge in [0.1, 0.15) is 5.75 Å². The third-order valence-corrected chi connectivity index (χ3v) is 16.0. The highest BCUT2D eigenvalue weighted by Gasteiger charge is 2.16. The Labute approximate surface area is 706 Å². The number of nitro groups is 1. The molecule has 0 spiro atoms. The summed E-state index contributed by atoms with van der Waals surface area (Å²) in [4.78, 5) is 9.64. The van der Waals surface area contributed by atoms with Gasteiger partial charge < -0.3 is 47.3 Å². The molecule has 115 heavy (non-hydrogen) atoms. The van der Waals surface area contributed by atoms with Crippen molar-refractivity contribution in [2.45, 2.75) is 272 Å². The molecular formula is C99H164F3N9O3S. The lowest BCUT2D eigenvalue weighted by Gasteiger charge is -2.19. The third-order valence-electron chi connectivity index (χ3n) is 15.3. The molecule has 0 bridgehead atoms. The van der Waals surface area contributed by atoms with Gasteiger partial charge in [-0.1, -0.05) is 326 Å². The van der Waals surface area contributed by atoms with Crippen LogP contribution in [0.5, 0.6) is 5.75 Å². The van der Waals surface area contributed by atoms with Crippen molar-refractivity contribution in [1.29, 1.82) is 0 Å². The Morgan fingerprint density at radius 1 is 0.348 bits per heavy atom. The highest BCUT2D eigenvalue weighted by molar-refractivity contribution is 7.98. The first-order chi connectivity index (χ1) is 55.5. The lowest BCUT2D eigenvalue weighted by molar-refractivity contribution is -0.445. The Morgan fingerprint density at radius 3 is 0.722 bits per heavy atom. The molecular weight excluding hydrogens is 1450 g/mol. The number of ether oxygens (including phenoxy) is 1. The summed E-state index contributed by atoms with van der Waals surface area (Å²) in [6, 6.07) is 76.7. The topological polar surface area (TPSA) is 149 Å². The van der Waals surface area contributed by atoms with E-state index in [0.29, 0.717) is 5.92 Å². The van der Waals surface area contributed by atoms with Gasteiger partial charge in [-0.25, -0.2) is 0 Å². The maximum atomic E-state index is 10.4. The van der Waals surface area contributed by atoms with Gasteiger partial charge in [-0.05, 0) is 208 Å². The fourth-order valence-electron chi connectivity index (χ4n) is 9.42. The number of hydrogen-bond donors (Lipinski definition) is 8. The molecule has 8 aromatic rings. The van der Waals surface area contributed by atoms with Gasteiger partial charge in [0.05, 0.1) is 6.61 Å². The van der Waals surface area contributed by atoms with Gasteiger partial charge in [0.15, 0.2) is 7.05 Å². The fourth-order valence-corrected chi connectivity index (χ4v) is 9.82. The van der Waals surface area contributed by atoms with E-state index in [9.17, 15) is 13.2 Å². The van der Waals surface area contributed by atoms with E-state index < -0.39 is 11.1 Å². The van der Waals surface area contributed by atoms with Gasteiger partial charge in [0.25, 0.3) is 0 Å². The van der Waals surface area contributed by atoms with Gasteiger partial charge in [-0.15, -0.1) is 11.8 Å². The van der Waals surface area contributed by atoms with Crippen LogP contribution in [0, 0.1) is 10.1 Å². The summed E-state index contributed by atoms with van der Waals surface area (Å²) in [6.07, 6.45) is 7.67. The molecule has 0 heterocycles. The Hall–Kier alpha value is -7.22. The molecule has 0 fully saturated rings.